The Kier molecular flexibility index (Phi) is 5.27. The number of carbonyl (C=O) groups is 1. The predicted molar refractivity (Wildman–Crippen MR) is 90.8 cm³/mol. The highest BCUT2D eigenvalue weighted by Crippen LogP contribution is 2.08. The van der Waals surface area contributed by atoms with Gasteiger partial charge in [-0.1, -0.05) is 73.0 Å². The Morgan fingerprint density at radius 1 is 0.750 bits per heavy atom. The Hall–Kier alpha value is -1.71. The van der Waals surface area contributed by atoms with Crippen molar-refractivity contribution in [3.63, 3.8) is 0 Å². The summed E-state index contributed by atoms with van der Waals surface area (Å²) in [6, 6.07) is 15.5. The third kappa shape index (κ3) is 4.15. The minimum absolute atomic E-state index is 0.204. The predicted octanol–water partition coefficient (Wildman–Crippen LogP) is 3.74. The molecule has 100 valence electrons. The fourth-order valence-corrected chi connectivity index (χ4v) is 2.26. The third-order valence-electron chi connectivity index (χ3n) is 3.03. The molecule has 0 radical (unpaired) electrons. The zero-order chi connectivity index (χ0) is 14.4. The van der Waals surface area contributed by atoms with Gasteiger partial charge in [-0.2, -0.15) is 0 Å². The molecule has 0 aliphatic heterocycles. The van der Waals surface area contributed by atoms with Gasteiger partial charge in [-0.05, 0) is 22.3 Å². The molecule has 0 unspecified atom stereocenters. The van der Waals surface area contributed by atoms with Crippen molar-refractivity contribution in [1.82, 2.24) is 0 Å². The van der Waals surface area contributed by atoms with E-state index in [4.69, 9.17) is 24.4 Å². The lowest BCUT2D eigenvalue weighted by atomic mass is 10.0. The summed E-state index contributed by atoms with van der Waals surface area (Å²) in [5.41, 5.74) is 4.02. The minimum Gasteiger partial charge on any atom is -0.299 e. The van der Waals surface area contributed by atoms with Crippen LogP contribution in [-0.2, 0) is 17.6 Å². The van der Waals surface area contributed by atoms with Gasteiger partial charge in [0.25, 0.3) is 0 Å². The fraction of sp³-hybridized carbons (Fsp3) is 0.118. The van der Waals surface area contributed by atoms with E-state index in [9.17, 15) is 4.79 Å². The number of rotatable bonds is 6. The average molecular weight is 298 g/mol. The Labute approximate surface area is 129 Å². The van der Waals surface area contributed by atoms with E-state index in [1.807, 2.05) is 48.5 Å². The number of benzene rings is 2. The van der Waals surface area contributed by atoms with E-state index in [1.54, 1.807) is 10.7 Å². The normalized spacial score (nSPS) is 10.0. The molecule has 0 aliphatic carbocycles. The van der Waals surface area contributed by atoms with Gasteiger partial charge in [0.05, 0.1) is 0 Å². The Morgan fingerprint density at radius 3 is 1.40 bits per heavy atom. The summed E-state index contributed by atoms with van der Waals surface area (Å²) in [6.45, 7) is 0. The maximum Gasteiger partial charge on any atom is 0.141 e. The van der Waals surface area contributed by atoms with Crippen LogP contribution in [0.5, 0.6) is 0 Å². The van der Waals surface area contributed by atoms with Gasteiger partial charge < -0.3 is 0 Å². The highest BCUT2D eigenvalue weighted by molar-refractivity contribution is 7.79. The molecule has 0 saturated heterocycles. The largest absolute Gasteiger partial charge is 0.299 e. The van der Waals surface area contributed by atoms with Crippen LogP contribution < -0.4 is 0 Å². The molecule has 0 saturated carbocycles. The Bertz CT molecular complexity index is 557. The van der Waals surface area contributed by atoms with Gasteiger partial charge in [-0.25, -0.2) is 0 Å². The third-order valence-corrected chi connectivity index (χ3v) is 3.58. The van der Waals surface area contributed by atoms with Gasteiger partial charge >= 0.3 is 0 Å². The number of Topliss-reactive ketones (excluding diaryl/α,β-unsaturated/α-hetero) is 1. The molecule has 3 heteroatoms. The zero-order valence-corrected chi connectivity index (χ0v) is 12.5. The molecule has 0 N–H and O–H groups in total. The van der Waals surface area contributed by atoms with Gasteiger partial charge in [0.2, 0.25) is 0 Å². The first-order chi connectivity index (χ1) is 9.71. The maximum atomic E-state index is 12.0. The summed E-state index contributed by atoms with van der Waals surface area (Å²) >= 11 is 9.71. The molecule has 0 fully saturated rings. The van der Waals surface area contributed by atoms with Gasteiger partial charge in [0.1, 0.15) is 5.78 Å². The van der Waals surface area contributed by atoms with Crippen molar-refractivity contribution in [2.45, 2.75) is 12.8 Å². The number of ketones is 1. The first-order valence-corrected chi connectivity index (χ1v) is 7.25. The van der Waals surface area contributed by atoms with Crippen molar-refractivity contribution in [3.8, 4) is 0 Å². The van der Waals surface area contributed by atoms with E-state index in [0.29, 0.717) is 12.8 Å². The molecular weight excluding hydrogens is 284 g/mol. The first-order valence-electron chi connectivity index (χ1n) is 6.31. The van der Waals surface area contributed by atoms with Crippen LogP contribution in [0.4, 0.5) is 0 Å². The van der Waals surface area contributed by atoms with Crippen LogP contribution in [0.3, 0.4) is 0 Å². The summed E-state index contributed by atoms with van der Waals surface area (Å²) in [5.74, 6) is 0.204. The lowest BCUT2D eigenvalue weighted by Crippen LogP contribution is -2.06. The topological polar surface area (TPSA) is 17.1 Å². The van der Waals surface area contributed by atoms with Gasteiger partial charge in [-0.3, -0.25) is 4.79 Å². The van der Waals surface area contributed by atoms with Crippen molar-refractivity contribution >= 4 is 41.0 Å². The molecule has 2 aromatic carbocycles. The lowest BCUT2D eigenvalue weighted by Gasteiger charge is -2.03. The van der Waals surface area contributed by atoms with Crippen LogP contribution in [0.15, 0.2) is 48.5 Å². The molecule has 0 amide bonds. The molecule has 2 aromatic rings. The van der Waals surface area contributed by atoms with Crippen molar-refractivity contribution in [2.24, 2.45) is 0 Å². The second-order valence-corrected chi connectivity index (χ2v) is 5.08. The summed E-state index contributed by atoms with van der Waals surface area (Å²) < 4.78 is 0. The van der Waals surface area contributed by atoms with Crippen molar-refractivity contribution in [2.75, 3.05) is 0 Å². The fourth-order valence-electron chi connectivity index (χ4n) is 1.95. The number of carbonyl (C=O) groups excluding carboxylic acids is 1. The van der Waals surface area contributed by atoms with E-state index in [1.165, 1.54) is 0 Å². The van der Waals surface area contributed by atoms with E-state index in [0.717, 1.165) is 22.3 Å². The molecule has 0 heterocycles. The summed E-state index contributed by atoms with van der Waals surface area (Å²) in [5, 5.41) is 3.26. The molecule has 20 heavy (non-hydrogen) atoms. The highest BCUT2D eigenvalue weighted by Gasteiger charge is 2.05. The summed E-state index contributed by atoms with van der Waals surface area (Å²) in [7, 11) is 0. The SMILES string of the molecule is O=C(Cc1ccc(C=S)cc1)Cc1ccc(C=S)cc1. The first kappa shape index (κ1) is 14.7. The van der Waals surface area contributed by atoms with Crippen LogP contribution in [0.2, 0.25) is 0 Å². The number of hydrogen-bond acceptors (Lipinski definition) is 3. The van der Waals surface area contributed by atoms with Crippen LogP contribution in [0, 0.1) is 0 Å². The molecular formula is C17H14OS2. The zero-order valence-electron chi connectivity index (χ0n) is 10.9. The van der Waals surface area contributed by atoms with Crippen molar-refractivity contribution in [1.29, 1.82) is 0 Å². The molecule has 0 bridgehead atoms. The van der Waals surface area contributed by atoms with Crippen molar-refractivity contribution in [3.05, 3.63) is 70.8 Å². The number of thiocarbonyl (C=S) groups is 2. The average Bonchev–Trinajstić information content (AvgIpc) is 2.49. The van der Waals surface area contributed by atoms with Gasteiger partial charge in [0, 0.05) is 23.6 Å². The maximum absolute atomic E-state index is 12.0. The molecule has 2 rings (SSSR count). The Balaban J connectivity index is 1.96. The molecule has 1 nitrogen and oxygen atoms in total. The van der Waals surface area contributed by atoms with Gasteiger partial charge in [-0.15, -0.1) is 0 Å². The summed E-state index contributed by atoms with van der Waals surface area (Å²) in [4.78, 5) is 12.0. The second-order valence-electron chi connectivity index (χ2n) is 4.61. The monoisotopic (exact) mass is 298 g/mol. The van der Waals surface area contributed by atoms with Crippen molar-refractivity contribution < 1.29 is 4.79 Å². The molecule has 0 aliphatic rings. The quantitative estimate of drug-likeness (QED) is 0.756. The van der Waals surface area contributed by atoms with E-state index >= 15 is 0 Å². The minimum atomic E-state index is 0.204. The summed E-state index contributed by atoms with van der Waals surface area (Å²) in [6.07, 6.45) is 0.902. The molecule has 0 aromatic heterocycles. The molecule has 0 atom stereocenters. The molecule has 0 spiro atoms. The lowest BCUT2D eigenvalue weighted by molar-refractivity contribution is -0.117. The second kappa shape index (κ2) is 7.17. The van der Waals surface area contributed by atoms with Crippen LogP contribution in [-0.4, -0.2) is 16.5 Å². The highest BCUT2D eigenvalue weighted by atomic mass is 32.1. The smallest absolute Gasteiger partial charge is 0.141 e. The Morgan fingerprint density at radius 2 is 1.10 bits per heavy atom. The van der Waals surface area contributed by atoms with E-state index in [-0.39, 0.29) is 5.78 Å². The van der Waals surface area contributed by atoms with E-state index < -0.39 is 0 Å². The van der Waals surface area contributed by atoms with Crippen LogP contribution in [0.1, 0.15) is 22.3 Å². The van der Waals surface area contributed by atoms with Crippen LogP contribution in [0.25, 0.3) is 0 Å². The van der Waals surface area contributed by atoms with Crippen LogP contribution >= 0.6 is 24.4 Å². The standard InChI is InChI=1S/C17H14OS2/c18-17(9-13-1-5-15(11-19)6-2-13)10-14-3-7-16(12-20)8-4-14/h1-8,11-12H,9-10H2. The number of hydrogen-bond donors (Lipinski definition) is 0. The van der Waals surface area contributed by atoms with E-state index in [2.05, 4.69) is 0 Å². The van der Waals surface area contributed by atoms with Gasteiger partial charge in [0.15, 0.2) is 0 Å².